The Hall–Kier alpha value is -2.10. The molecule has 0 radical (unpaired) electrons. The Morgan fingerprint density at radius 2 is 1.62 bits per heavy atom. The van der Waals surface area contributed by atoms with Crippen molar-refractivity contribution in [3.05, 3.63) is 48.2 Å². The van der Waals surface area contributed by atoms with Gasteiger partial charge in [0.25, 0.3) is 0 Å². The van der Waals surface area contributed by atoms with Crippen molar-refractivity contribution < 1.29 is 0 Å². The molecule has 1 aromatic carbocycles. The lowest BCUT2D eigenvalue weighted by molar-refractivity contribution is 0.656. The van der Waals surface area contributed by atoms with Crippen LogP contribution >= 0.6 is 0 Å². The molecule has 0 fully saturated rings. The minimum Gasteiger partial charge on any atom is -0.356 e. The van der Waals surface area contributed by atoms with Crippen molar-refractivity contribution in [1.82, 2.24) is 9.97 Å². The van der Waals surface area contributed by atoms with E-state index < -0.39 is 0 Å². The highest BCUT2D eigenvalue weighted by Crippen LogP contribution is 2.19. The highest BCUT2D eigenvalue weighted by Gasteiger charge is 2.16. The molecular weight excluding hydrogens is 296 g/mol. The Labute approximate surface area is 146 Å². The first-order valence-corrected chi connectivity index (χ1v) is 9.04. The monoisotopic (exact) mass is 326 g/mol. The molecule has 130 valence electrons. The van der Waals surface area contributed by atoms with E-state index in [-0.39, 0.29) is 0 Å². The molecule has 4 nitrogen and oxygen atoms in total. The molecule has 1 heterocycles. The third-order valence-corrected chi connectivity index (χ3v) is 4.02. The summed E-state index contributed by atoms with van der Waals surface area (Å²) in [4.78, 5) is 14.0. The summed E-state index contributed by atoms with van der Waals surface area (Å²) in [7, 11) is 0. The first kappa shape index (κ1) is 18.2. The third kappa shape index (κ3) is 4.95. The molecule has 0 saturated heterocycles. The second-order valence-corrected chi connectivity index (χ2v) is 6.41. The second kappa shape index (κ2) is 9.26. The van der Waals surface area contributed by atoms with E-state index in [9.17, 15) is 0 Å². The molecule has 0 atom stereocenters. The van der Waals surface area contributed by atoms with Crippen LogP contribution in [-0.4, -0.2) is 29.1 Å². The number of anilines is 2. The maximum atomic E-state index is 4.87. The zero-order valence-electron chi connectivity index (χ0n) is 15.4. The molecule has 24 heavy (non-hydrogen) atoms. The highest BCUT2D eigenvalue weighted by atomic mass is 15.3. The van der Waals surface area contributed by atoms with Crippen LogP contribution < -0.4 is 9.80 Å². The molecule has 0 aliphatic carbocycles. The van der Waals surface area contributed by atoms with E-state index in [0.29, 0.717) is 6.04 Å². The van der Waals surface area contributed by atoms with Gasteiger partial charge < -0.3 is 9.80 Å². The van der Waals surface area contributed by atoms with Crippen molar-refractivity contribution in [3.63, 3.8) is 0 Å². The number of hydrogen-bond acceptors (Lipinski definition) is 4. The first-order valence-electron chi connectivity index (χ1n) is 9.04. The van der Waals surface area contributed by atoms with Gasteiger partial charge in [-0.05, 0) is 38.3 Å². The predicted octanol–water partition coefficient (Wildman–Crippen LogP) is 4.52. The van der Waals surface area contributed by atoms with Crippen molar-refractivity contribution in [2.45, 2.75) is 53.1 Å². The molecule has 0 amide bonds. The van der Waals surface area contributed by atoms with E-state index in [1.165, 1.54) is 5.56 Å². The lowest BCUT2D eigenvalue weighted by Crippen LogP contribution is -2.33. The van der Waals surface area contributed by atoms with Gasteiger partial charge in [-0.1, -0.05) is 44.2 Å². The number of aromatic nitrogens is 2. The lowest BCUT2D eigenvalue weighted by Gasteiger charge is -2.29. The molecule has 0 spiro atoms. The molecule has 0 aliphatic heterocycles. The maximum Gasteiger partial charge on any atom is 0.227 e. The summed E-state index contributed by atoms with van der Waals surface area (Å²) in [6.07, 6.45) is 4.13. The number of benzene rings is 1. The zero-order valence-corrected chi connectivity index (χ0v) is 15.4. The van der Waals surface area contributed by atoms with Crippen LogP contribution in [0.2, 0.25) is 0 Å². The Morgan fingerprint density at radius 3 is 2.21 bits per heavy atom. The normalized spacial score (nSPS) is 10.9. The van der Waals surface area contributed by atoms with Crippen molar-refractivity contribution in [2.24, 2.45) is 0 Å². The number of nitrogens with zero attached hydrogens (tertiary/aromatic N) is 4. The fraction of sp³-hybridized carbons (Fsp3) is 0.500. The summed E-state index contributed by atoms with van der Waals surface area (Å²) in [5, 5.41) is 0. The molecule has 2 rings (SSSR count). The van der Waals surface area contributed by atoms with Gasteiger partial charge in [0.15, 0.2) is 0 Å². The second-order valence-electron chi connectivity index (χ2n) is 6.41. The van der Waals surface area contributed by atoms with Gasteiger partial charge >= 0.3 is 0 Å². The van der Waals surface area contributed by atoms with Crippen LogP contribution in [0.3, 0.4) is 0 Å². The van der Waals surface area contributed by atoms with Crippen LogP contribution in [0.1, 0.15) is 46.1 Å². The fourth-order valence-electron chi connectivity index (χ4n) is 2.80. The Balaban J connectivity index is 2.25. The van der Waals surface area contributed by atoms with Crippen molar-refractivity contribution >= 4 is 11.8 Å². The summed E-state index contributed by atoms with van der Waals surface area (Å²) in [6.45, 7) is 11.7. The third-order valence-electron chi connectivity index (χ3n) is 4.02. The van der Waals surface area contributed by atoms with E-state index in [1.807, 2.05) is 18.3 Å². The predicted molar refractivity (Wildman–Crippen MR) is 103 cm³/mol. The minimum absolute atomic E-state index is 0.339. The van der Waals surface area contributed by atoms with E-state index in [2.05, 4.69) is 66.7 Å². The van der Waals surface area contributed by atoms with Crippen LogP contribution in [0, 0.1) is 0 Å². The molecule has 2 aromatic rings. The molecule has 0 saturated carbocycles. The quantitative estimate of drug-likeness (QED) is 0.678. The SMILES string of the molecule is CCCN(CCC)c1ccnc(N(Cc2ccccc2)C(C)C)n1. The summed E-state index contributed by atoms with van der Waals surface area (Å²) in [5.41, 5.74) is 1.28. The molecule has 4 heteroatoms. The van der Waals surface area contributed by atoms with Crippen LogP contribution in [0.25, 0.3) is 0 Å². The van der Waals surface area contributed by atoms with Crippen molar-refractivity contribution in [1.29, 1.82) is 0 Å². The number of rotatable bonds is 9. The van der Waals surface area contributed by atoms with Crippen LogP contribution in [0.15, 0.2) is 42.6 Å². The maximum absolute atomic E-state index is 4.87. The summed E-state index contributed by atoms with van der Waals surface area (Å²) in [6, 6.07) is 12.9. The van der Waals surface area contributed by atoms with E-state index in [1.54, 1.807) is 0 Å². The molecule has 0 N–H and O–H groups in total. The van der Waals surface area contributed by atoms with Crippen molar-refractivity contribution in [3.8, 4) is 0 Å². The average Bonchev–Trinajstić information content (AvgIpc) is 2.60. The molecule has 0 bridgehead atoms. The fourth-order valence-corrected chi connectivity index (χ4v) is 2.80. The molecule has 0 unspecified atom stereocenters. The van der Waals surface area contributed by atoms with Crippen molar-refractivity contribution in [2.75, 3.05) is 22.9 Å². The Bertz CT molecular complexity index is 592. The summed E-state index contributed by atoms with van der Waals surface area (Å²) >= 11 is 0. The summed E-state index contributed by atoms with van der Waals surface area (Å²) in [5.74, 6) is 1.84. The highest BCUT2D eigenvalue weighted by molar-refractivity contribution is 5.44. The Morgan fingerprint density at radius 1 is 0.958 bits per heavy atom. The largest absolute Gasteiger partial charge is 0.356 e. The van der Waals surface area contributed by atoms with E-state index >= 15 is 0 Å². The van der Waals surface area contributed by atoms with E-state index in [0.717, 1.165) is 44.2 Å². The average molecular weight is 326 g/mol. The first-order chi connectivity index (χ1) is 11.7. The van der Waals surface area contributed by atoms with Crippen LogP contribution in [0.4, 0.5) is 11.8 Å². The van der Waals surface area contributed by atoms with Gasteiger partial charge in [0.1, 0.15) is 5.82 Å². The van der Waals surface area contributed by atoms with Gasteiger partial charge in [-0.15, -0.1) is 0 Å². The molecular formula is C20H30N4. The van der Waals surface area contributed by atoms with Gasteiger partial charge in [-0.3, -0.25) is 0 Å². The standard InChI is InChI=1S/C20H30N4/c1-5-14-23(15-6-2)19-12-13-21-20(22-19)24(17(3)4)16-18-10-8-7-9-11-18/h7-13,17H,5-6,14-16H2,1-4H3. The van der Waals surface area contributed by atoms with Gasteiger partial charge in [-0.2, -0.15) is 4.98 Å². The topological polar surface area (TPSA) is 32.3 Å². The zero-order chi connectivity index (χ0) is 17.4. The van der Waals surface area contributed by atoms with Crippen LogP contribution in [0.5, 0.6) is 0 Å². The Kier molecular flexibility index (Phi) is 7.04. The van der Waals surface area contributed by atoms with E-state index in [4.69, 9.17) is 4.98 Å². The van der Waals surface area contributed by atoms with Gasteiger partial charge in [-0.25, -0.2) is 4.98 Å². The molecule has 1 aromatic heterocycles. The lowest BCUT2D eigenvalue weighted by atomic mass is 10.2. The smallest absolute Gasteiger partial charge is 0.227 e. The summed E-state index contributed by atoms with van der Waals surface area (Å²) < 4.78 is 0. The van der Waals surface area contributed by atoms with Gasteiger partial charge in [0.05, 0.1) is 0 Å². The van der Waals surface area contributed by atoms with Crippen LogP contribution in [-0.2, 0) is 6.54 Å². The minimum atomic E-state index is 0.339. The van der Waals surface area contributed by atoms with Gasteiger partial charge in [0.2, 0.25) is 5.95 Å². The number of hydrogen-bond donors (Lipinski definition) is 0. The van der Waals surface area contributed by atoms with Gasteiger partial charge in [0, 0.05) is 31.9 Å². The molecule has 0 aliphatic rings.